The quantitative estimate of drug-likeness (QED) is 0.897. The first-order valence-electron chi connectivity index (χ1n) is 7.28. The first-order valence-corrected chi connectivity index (χ1v) is 8.07. The molecule has 4 aliphatic rings. The van der Waals surface area contributed by atoms with Gasteiger partial charge >= 0.3 is 0 Å². The third kappa shape index (κ3) is 2.11. The Bertz CT molecular complexity index is 501. The number of halogens is 1. The van der Waals surface area contributed by atoms with E-state index < -0.39 is 0 Å². The van der Waals surface area contributed by atoms with Crippen molar-refractivity contribution < 1.29 is 4.74 Å². The average Bonchev–Trinajstić information content (AvgIpc) is 2.24. The molecule has 0 aromatic heterocycles. The highest BCUT2D eigenvalue weighted by molar-refractivity contribution is 9.10. The zero-order chi connectivity index (χ0) is 13.1. The largest absolute Gasteiger partial charge is 0.487 e. The summed E-state index contributed by atoms with van der Waals surface area (Å²) in [5.41, 5.74) is 6.67. The van der Waals surface area contributed by atoms with Crippen molar-refractivity contribution in [3.8, 4) is 5.75 Å². The number of hydrogen-bond acceptors (Lipinski definition) is 2. The van der Waals surface area contributed by atoms with E-state index in [9.17, 15) is 0 Å². The molecule has 4 bridgehead atoms. The van der Waals surface area contributed by atoms with Crippen LogP contribution in [0.5, 0.6) is 5.75 Å². The van der Waals surface area contributed by atoms with Crippen LogP contribution in [0.2, 0.25) is 0 Å². The maximum Gasteiger partial charge on any atom is 0.121 e. The standard InChI is InChI=1S/C16H20BrNO/c17-13-2-1-3-14(5-13)19-16-8-11-4-12(9-16)7-15(18,6-11)10-16/h1-3,5,11-12H,4,6-10,18H2. The number of hydrogen-bond donors (Lipinski definition) is 1. The molecule has 19 heavy (non-hydrogen) atoms. The molecule has 0 aliphatic heterocycles. The van der Waals surface area contributed by atoms with Crippen LogP contribution in [-0.4, -0.2) is 11.1 Å². The van der Waals surface area contributed by atoms with Crippen LogP contribution < -0.4 is 10.5 Å². The predicted molar refractivity (Wildman–Crippen MR) is 79.1 cm³/mol. The van der Waals surface area contributed by atoms with E-state index in [1.165, 1.54) is 32.1 Å². The van der Waals surface area contributed by atoms with E-state index in [1.54, 1.807) is 0 Å². The van der Waals surface area contributed by atoms with Crippen LogP contribution in [0.3, 0.4) is 0 Å². The Morgan fingerprint density at radius 1 is 1.16 bits per heavy atom. The normalized spacial score (nSPS) is 43.5. The summed E-state index contributed by atoms with van der Waals surface area (Å²) in [4.78, 5) is 0. The van der Waals surface area contributed by atoms with Crippen molar-refractivity contribution in [2.24, 2.45) is 17.6 Å². The molecule has 0 amide bonds. The van der Waals surface area contributed by atoms with Gasteiger partial charge in [-0.25, -0.2) is 0 Å². The maximum atomic E-state index is 6.60. The van der Waals surface area contributed by atoms with E-state index in [0.717, 1.165) is 28.5 Å². The van der Waals surface area contributed by atoms with Crippen molar-refractivity contribution in [2.75, 3.05) is 0 Å². The lowest BCUT2D eigenvalue weighted by atomic mass is 9.51. The second-order valence-corrected chi connectivity index (χ2v) is 7.98. The van der Waals surface area contributed by atoms with Gasteiger partial charge in [-0.2, -0.15) is 0 Å². The fraction of sp³-hybridized carbons (Fsp3) is 0.625. The maximum absolute atomic E-state index is 6.60. The Morgan fingerprint density at radius 2 is 1.89 bits per heavy atom. The number of nitrogens with two attached hydrogens (primary N) is 1. The summed E-state index contributed by atoms with van der Waals surface area (Å²) < 4.78 is 7.53. The first-order chi connectivity index (χ1) is 9.04. The Labute approximate surface area is 122 Å². The van der Waals surface area contributed by atoms with Gasteiger partial charge in [-0.15, -0.1) is 0 Å². The van der Waals surface area contributed by atoms with Crippen molar-refractivity contribution in [3.05, 3.63) is 28.7 Å². The lowest BCUT2D eigenvalue weighted by Crippen LogP contribution is -2.64. The number of rotatable bonds is 2. The highest BCUT2D eigenvalue weighted by Crippen LogP contribution is 2.57. The van der Waals surface area contributed by atoms with Gasteiger partial charge in [-0.05, 0) is 62.1 Å². The van der Waals surface area contributed by atoms with Crippen LogP contribution in [-0.2, 0) is 0 Å². The third-order valence-corrected chi connectivity index (χ3v) is 5.68. The van der Waals surface area contributed by atoms with Gasteiger partial charge in [0, 0.05) is 16.4 Å². The minimum Gasteiger partial charge on any atom is -0.487 e. The van der Waals surface area contributed by atoms with Gasteiger partial charge in [-0.1, -0.05) is 22.0 Å². The molecular formula is C16H20BrNO. The zero-order valence-electron chi connectivity index (χ0n) is 11.1. The van der Waals surface area contributed by atoms with Crippen LogP contribution >= 0.6 is 15.9 Å². The molecule has 3 heteroatoms. The summed E-state index contributed by atoms with van der Waals surface area (Å²) in [6.45, 7) is 0. The summed E-state index contributed by atoms with van der Waals surface area (Å²) >= 11 is 3.52. The minimum atomic E-state index is 0.0135. The van der Waals surface area contributed by atoms with Crippen LogP contribution in [0.4, 0.5) is 0 Å². The topological polar surface area (TPSA) is 35.2 Å². The summed E-state index contributed by atoms with van der Waals surface area (Å²) in [6, 6.07) is 8.21. The highest BCUT2D eigenvalue weighted by atomic mass is 79.9. The second-order valence-electron chi connectivity index (χ2n) is 7.07. The van der Waals surface area contributed by atoms with E-state index in [4.69, 9.17) is 10.5 Å². The molecule has 4 aliphatic carbocycles. The summed E-state index contributed by atoms with van der Waals surface area (Å²) in [5.74, 6) is 2.57. The molecule has 2 N–H and O–H groups in total. The van der Waals surface area contributed by atoms with Crippen LogP contribution in [0, 0.1) is 11.8 Å². The summed E-state index contributed by atoms with van der Waals surface area (Å²) in [7, 11) is 0. The fourth-order valence-corrected chi connectivity index (χ4v) is 5.53. The highest BCUT2D eigenvalue weighted by Gasteiger charge is 2.57. The molecule has 102 valence electrons. The molecule has 0 heterocycles. The van der Waals surface area contributed by atoms with Crippen molar-refractivity contribution >= 4 is 15.9 Å². The number of ether oxygens (including phenoxy) is 1. The van der Waals surface area contributed by atoms with E-state index in [0.29, 0.717) is 0 Å². The molecule has 2 unspecified atom stereocenters. The Kier molecular flexibility index (Phi) is 2.56. The van der Waals surface area contributed by atoms with Crippen molar-refractivity contribution in [1.29, 1.82) is 0 Å². The molecule has 4 saturated carbocycles. The van der Waals surface area contributed by atoms with Crippen LogP contribution in [0.1, 0.15) is 38.5 Å². The Morgan fingerprint density at radius 3 is 2.53 bits per heavy atom. The molecule has 1 aromatic rings. The van der Waals surface area contributed by atoms with E-state index >= 15 is 0 Å². The third-order valence-electron chi connectivity index (χ3n) is 5.18. The average molecular weight is 322 g/mol. The Balaban J connectivity index is 1.63. The lowest BCUT2D eigenvalue weighted by molar-refractivity contribution is -0.117. The van der Waals surface area contributed by atoms with Crippen LogP contribution in [0.15, 0.2) is 28.7 Å². The molecule has 5 rings (SSSR count). The van der Waals surface area contributed by atoms with E-state index in [2.05, 4.69) is 28.1 Å². The SMILES string of the molecule is NC12CC3CC(C1)CC(Oc1cccc(Br)c1)(C3)C2. The fourth-order valence-electron chi connectivity index (χ4n) is 5.15. The molecule has 4 fully saturated rings. The Hall–Kier alpha value is -0.540. The van der Waals surface area contributed by atoms with Gasteiger partial charge in [0.2, 0.25) is 0 Å². The van der Waals surface area contributed by atoms with Crippen molar-refractivity contribution in [1.82, 2.24) is 0 Å². The predicted octanol–water partition coefficient (Wildman–Crippen LogP) is 3.88. The second kappa shape index (κ2) is 3.98. The molecular weight excluding hydrogens is 302 g/mol. The van der Waals surface area contributed by atoms with E-state index in [1.807, 2.05) is 12.1 Å². The molecule has 0 saturated heterocycles. The first kappa shape index (κ1) is 12.2. The lowest BCUT2D eigenvalue weighted by Gasteiger charge is -2.60. The molecule has 0 spiro atoms. The van der Waals surface area contributed by atoms with Gasteiger partial charge in [0.05, 0.1) is 0 Å². The van der Waals surface area contributed by atoms with Crippen molar-refractivity contribution in [3.63, 3.8) is 0 Å². The zero-order valence-corrected chi connectivity index (χ0v) is 12.7. The smallest absolute Gasteiger partial charge is 0.121 e. The van der Waals surface area contributed by atoms with Gasteiger partial charge in [0.1, 0.15) is 11.4 Å². The minimum absolute atomic E-state index is 0.0135. The van der Waals surface area contributed by atoms with Gasteiger partial charge in [-0.3, -0.25) is 0 Å². The number of benzene rings is 1. The van der Waals surface area contributed by atoms with Crippen LogP contribution in [0.25, 0.3) is 0 Å². The summed E-state index contributed by atoms with van der Waals surface area (Å²) in [6.07, 6.45) is 7.26. The van der Waals surface area contributed by atoms with E-state index in [-0.39, 0.29) is 11.1 Å². The van der Waals surface area contributed by atoms with Gasteiger partial charge < -0.3 is 10.5 Å². The van der Waals surface area contributed by atoms with Gasteiger partial charge in [0.15, 0.2) is 0 Å². The summed E-state index contributed by atoms with van der Waals surface area (Å²) in [5, 5.41) is 0. The molecule has 2 nitrogen and oxygen atoms in total. The molecule has 1 aromatic carbocycles. The monoisotopic (exact) mass is 321 g/mol. The van der Waals surface area contributed by atoms with Crippen molar-refractivity contribution in [2.45, 2.75) is 49.7 Å². The molecule has 2 atom stereocenters. The molecule has 0 radical (unpaired) electrons. The van der Waals surface area contributed by atoms with Gasteiger partial charge in [0.25, 0.3) is 0 Å².